The van der Waals surface area contributed by atoms with Crippen LogP contribution in [-0.4, -0.2) is 8.42 Å². The molecule has 0 heterocycles. The van der Waals surface area contributed by atoms with Crippen LogP contribution in [0.3, 0.4) is 0 Å². The van der Waals surface area contributed by atoms with Crippen molar-refractivity contribution in [3.63, 3.8) is 0 Å². The molecule has 0 fully saturated rings. The van der Waals surface area contributed by atoms with Gasteiger partial charge in [0.25, 0.3) is 10.0 Å². The van der Waals surface area contributed by atoms with E-state index in [1.54, 1.807) is 12.1 Å². The number of benzene rings is 4. The van der Waals surface area contributed by atoms with E-state index in [-0.39, 0.29) is 0 Å². The molecule has 0 bridgehead atoms. The predicted octanol–water partition coefficient (Wildman–Crippen LogP) is 3.32. The largest absolute Gasteiger partial charge is 0.282 e. The van der Waals surface area contributed by atoms with Gasteiger partial charge in [-0.3, -0.25) is 0 Å². The highest BCUT2D eigenvalue weighted by Gasteiger charge is 2.24. The minimum Gasteiger partial charge on any atom is -0.235 e. The molecule has 146 valence electrons. The first-order valence-electron chi connectivity index (χ1n) is 9.55. The zero-order valence-electron chi connectivity index (χ0n) is 16.0. The molecule has 0 aromatic heterocycles. The molecule has 5 heteroatoms. The molecule has 0 amide bonds. The highest BCUT2D eigenvalue weighted by atomic mass is 32.2. The van der Waals surface area contributed by atoms with Gasteiger partial charge < -0.3 is 0 Å². The van der Waals surface area contributed by atoms with Crippen LogP contribution in [0.25, 0.3) is 10.8 Å². The maximum Gasteiger partial charge on any atom is 0.282 e. The first kappa shape index (κ1) is 19.3. The summed E-state index contributed by atoms with van der Waals surface area (Å²) in [4.78, 5) is 3.19. The summed E-state index contributed by atoms with van der Waals surface area (Å²) in [6.45, 7) is 1.08. The van der Waals surface area contributed by atoms with E-state index in [1.165, 1.54) is 0 Å². The van der Waals surface area contributed by atoms with Crippen LogP contribution >= 0.6 is 0 Å². The Morgan fingerprint density at radius 1 is 0.621 bits per heavy atom. The highest BCUT2D eigenvalue weighted by molar-refractivity contribution is 7.89. The predicted molar refractivity (Wildman–Crippen MR) is 116 cm³/mol. The number of sulfonamides is 1. The van der Waals surface area contributed by atoms with Crippen molar-refractivity contribution in [2.24, 2.45) is 0 Å². The van der Waals surface area contributed by atoms with E-state index in [0.29, 0.717) is 18.0 Å². The third kappa shape index (κ3) is 4.71. The lowest BCUT2D eigenvalue weighted by Gasteiger charge is -2.20. The summed E-state index contributed by atoms with van der Waals surface area (Å²) < 4.78 is 26.6. The van der Waals surface area contributed by atoms with Crippen LogP contribution < -0.4 is 9.84 Å². The number of rotatable bonds is 7. The minimum atomic E-state index is -3.71. The molecule has 29 heavy (non-hydrogen) atoms. The maximum absolute atomic E-state index is 13.3. The van der Waals surface area contributed by atoms with E-state index in [1.807, 2.05) is 91.0 Å². The standard InChI is InChI=1S/C24H22N2O2S/c27-29(28,24-17-9-15-22-14-7-8-16-23(22)24)25-26(18-20-10-3-1-4-11-20)19-21-12-5-2-6-13-21/h1-17,25H,18-19H2/p+1. The number of hydrogen-bond donors (Lipinski definition) is 2. The molecule has 4 rings (SSSR count). The molecular weight excluding hydrogens is 380 g/mol. The third-order valence-electron chi connectivity index (χ3n) is 4.84. The summed E-state index contributed by atoms with van der Waals surface area (Å²) in [7, 11) is -3.71. The lowest BCUT2D eigenvalue weighted by molar-refractivity contribution is -0.957. The average Bonchev–Trinajstić information content (AvgIpc) is 2.74. The number of hydrogen-bond acceptors (Lipinski definition) is 2. The summed E-state index contributed by atoms with van der Waals surface area (Å²) in [5.41, 5.74) is 2.14. The summed E-state index contributed by atoms with van der Waals surface area (Å²) in [5.74, 6) is 0. The van der Waals surface area contributed by atoms with Crippen LogP contribution in [0.1, 0.15) is 11.1 Å². The molecule has 0 saturated carbocycles. The lowest BCUT2D eigenvalue weighted by Crippen LogP contribution is -3.16. The third-order valence-corrected chi connectivity index (χ3v) is 6.33. The summed E-state index contributed by atoms with van der Waals surface area (Å²) in [5, 5.41) is 2.37. The van der Waals surface area contributed by atoms with Gasteiger partial charge in [-0.25, -0.2) is 13.4 Å². The van der Waals surface area contributed by atoms with Crippen LogP contribution in [-0.2, 0) is 23.1 Å². The van der Waals surface area contributed by atoms with Crippen LogP contribution in [0, 0.1) is 0 Å². The summed E-state index contributed by atoms with van der Waals surface area (Å²) in [6.07, 6.45) is 0. The molecule has 2 N–H and O–H groups in total. The molecule has 4 aromatic carbocycles. The molecule has 0 aliphatic rings. The smallest absolute Gasteiger partial charge is 0.235 e. The molecule has 4 aromatic rings. The fraction of sp³-hybridized carbons (Fsp3) is 0.0833. The molecule has 0 radical (unpaired) electrons. The Morgan fingerprint density at radius 3 is 1.76 bits per heavy atom. The Balaban J connectivity index is 1.66. The van der Waals surface area contributed by atoms with Gasteiger partial charge in [-0.05, 0) is 11.5 Å². The number of nitrogens with one attached hydrogen (secondary N) is 2. The Morgan fingerprint density at radius 2 is 1.14 bits per heavy atom. The second-order valence-electron chi connectivity index (χ2n) is 7.01. The fourth-order valence-corrected chi connectivity index (χ4v) is 4.86. The van der Waals surface area contributed by atoms with Crippen LogP contribution in [0.15, 0.2) is 108 Å². The second-order valence-corrected chi connectivity index (χ2v) is 8.66. The average molecular weight is 404 g/mol. The van der Waals surface area contributed by atoms with Crippen molar-refractivity contribution in [1.82, 2.24) is 4.83 Å². The van der Waals surface area contributed by atoms with E-state index in [9.17, 15) is 8.42 Å². The van der Waals surface area contributed by atoms with Crippen molar-refractivity contribution in [2.45, 2.75) is 18.0 Å². The molecule has 0 unspecified atom stereocenters. The van der Waals surface area contributed by atoms with Gasteiger partial charge in [-0.2, -0.15) is 0 Å². The van der Waals surface area contributed by atoms with Gasteiger partial charge in [0.2, 0.25) is 0 Å². The Kier molecular flexibility index (Phi) is 5.71. The fourth-order valence-electron chi connectivity index (χ4n) is 3.49. The van der Waals surface area contributed by atoms with Crippen molar-refractivity contribution in [1.29, 1.82) is 0 Å². The van der Waals surface area contributed by atoms with Gasteiger partial charge in [0.15, 0.2) is 0 Å². The lowest BCUT2D eigenvalue weighted by atomic mass is 10.1. The quantitative estimate of drug-likeness (QED) is 0.465. The zero-order chi connectivity index (χ0) is 20.1. The monoisotopic (exact) mass is 403 g/mol. The van der Waals surface area contributed by atoms with Crippen molar-refractivity contribution in [3.05, 3.63) is 114 Å². The zero-order valence-corrected chi connectivity index (χ0v) is 16.8. The first-order valence-corrected chi connectivity index (χ1v) is 11.0. The molecule has 4 nitrogen and oxygen atoms in total. The molecule has 0 atom stereocenters. The summed E-state index contributed by atoms with van der Waals surface area (Å²) in [6, 6.07) is 32.7. The molecule has 0 saturated heterocycles. The van der Waals surface area contributed by atoms with Crippen LogP contribution in [0.4, 0.5) is 0 Å². The Labute approximate surface area is 171 Å². The van der Waals surface area contributed by atoms with E-state index >= 15 is 0 Å². The maximum atomic E-state index is 13.3. The summed E-state index contributed by atoms with van der Waals surface area (Å²) >= 11 is 0. The van der Waals surface area contributed by atoms with Gasteiger partial charge in [-0.15, -0.1) is 0 Å². The van der Waals surface area contributed by atoms with E-state index in [0.717, 1.165) is 26.9 Å². The van der Waals surface area contributed by atoms with Gasteiger partial charge in [-0.1, -0.05) is 102 Å². The normalized spacial score (nSPS) is 11.8. The van der Waals surface area contributed by atoms with Crippen molar-refractivity contribution in [2.75, 3.05) is 0 Å². The topological polar surface area (TPSA) is 50.6 Å². The van der Waals surface area contributed by atoms with Crippen molar-refractivity contribution in [3.8, 4) is 0 Å². The van der Waals surface area contributed by atoms with Crippen molar-refractivity contribution < 1.29 is 13.4 Å². The van der Waals surface area contributed by atoms with Gasteiger partial charge in [0.1, 0.15) is 13.1 Å². The Bertz CT molecular complexity index is 1150. The molecule has 0 spiro atoms. The van der Waals surface area contributed by atoms with E-state index < -0.39 is 10.0 Å². The number of fused-ring (bicyclic) bond motifs is 1. The highest BCUT2D eigenvalue weighted by Crippen LogP contribution is 2.22. The SMILES string of the molecule is O=S(=O)(N[NH+](Cc1ccccc1)Cc1ccccc1)c1cccc2ccccc12. The van der Waals surface area contributed by atoms with Crippen LogP contribution in [0.2, 0.25) is 0 Å². The van der Waals surface area contributed by atoms with Gasteiger partial charge >= 0.3 is 0 Å². The van der Waals surface area contributed by atoms with Gasteiger partial charge in [0.05, 0.1) is 4.90 Å². The molecule has 0 aliphatic carbocycles. The second kappa shape index (κ2) is 8.57. The van der Waals surface area contributed by atoms with Gasteiger partial charge in [0, 0.05) is 16.5 Å². The van der Waals surface area contributed by atoms with Crippen molar-refractivity contribution >= 4 is 20.8 Å². The van der Waals surface area contributed by atoms with E-state index in [4.69, 9.17) is 0 Å². The number of quaternary nitrogens is 1. The minimum absolute atomic E-state index is 0.300. The molecular formula is C24H23N2O2S+. The first-order chi connectivity index (χ1) is 14.1. The van der Waals surface area contributed by atoms with Crippen LogP contribution in [0.5, 0.6) is 0 Å². The Hall–Kier alpha value is -2.99. The van der Waals surface area contributed by atoms with E-state index in [2.05, 4.69) is 4.83 Å². The molecule has 0 aliphatic heterocycles.